The summed E-state index contributed by atoms with van der Waals surface area (Å²) in [5.41, 5.74) is 4.02. The molecule has 0 radical (unpaired) electrons. The van der Waals surface area contributed by atoms with Gasteiger partial charge < -0.3 is 15.7 Å². The van der Waals surface area contributed by atoms with Crippen LogP contribution in [0.4, 0.5) is 18.9 Å². The number of aromatic nitrogens is 3. The number of nitrogens with zero attached hydrogens (tertiary/aromatic N) is 3. The summed E-state index contributed by atoms with van der Waals surface area (Å²) in [6.07, 6.45) is -0.753. The molecule has 0 saturated carbocycles. The van der Waals surface area contributed by atoms with E-state index in [2.05, 4.69) is 20.9 Å². The molecule has 1 amide bonds. The molecule has 0 aliphatic carbocycles. The highest BCUT2D eigenvalue weighted by Crippen LogP contribution is 2.22. The zero-order valence-electron chi connectivity index (χ0n) is 18.3. The topological polar surface area (TPSA) is 109 Å². The SMILES string of the molecule is Cc1ccc(-c2cn(C[C@@H]3CCCN3)nn2)cc1C(=O)Nc1ccccc1.O=C(O)C(F)(F)F. The highest BCUT2D eigenvalue weighted by molar-refractivity contribution is 6.05. The van der Waals surface area contributed by atoms with Gasteiger partial charge in [-0.3, -0.25) is 9.48 Å². The van der Waals surface area contributed by atoms with Gasteiger partial charge in [0.2, 0.25) is 0 Å². The first-order valence-corrected chi connectivity index (χ1v) is 10.5. The van der Waals surface area contributed by atoms with Gasteiger partial charge in [0, 0.05) is 22.9 Å². The van der Waals surface area contributed by atoms with Crippen molar-refractivity contribution in [2.45, 2.75) is 38.5 Å². The number of anilines is 1. The van der Waals surface area contributed by atoms with Gasteiger partial charge in [0.05, 0.1) is 12.7 Å². The Bertz CT molecular complexity index is 1130. The van der Waals surface area contributed by atoms with E-state index in [1.165, 1.54) is 12.8 Å². The van der Waals surface area contributed by atoms with E-state index in [0.717, 1.165) is 35.6 Å². The molecule has 1 saturated heterocycles. The van der Waals surface area contributed by atoms with Crippen LogP contribution in [0.3, 0.4) is 0 Å². The highest BCUT2D eigenvalue weighted by atomic mass is 19.4. The predicted octanol–water partition coefficient (Wildman–Crippen LogP) is 3.89. The van der Waals surface area contributed by atoms with E-state index < -0.39 is 12.1 Å². The second-order valence-corrected chi connectivity index (χ2v) is 7.77. The number of carboxylic acid groups (broad SMARTS) is 1. The first-order valence-electron chi connectivity index (χ1n) is 10.5. The number of hydrogen-bond donors (Lipinski definition) is 3. The normalized spacial score (nSPS) is 15.4. The van der Waals surface area contributed by atoms with Crippen molar-refractivity contribution in [1.82, 2.24) is 20.3 Å². The fraction of sp³-hybridized carbons (Fsp3) is 0.304. The van der Waals surface area contributed by atoms with Crippen LogP contribution in [-0.2, 0) is 11.3 Å². The van der Waals surface area contributed by atoms with Crippen molar-refractivity contribution in [2.75, 3.05) is 11.9 Å². The highest BCUT2D eigenvalue weighted by Gasteiger charge is 2.38. The zero-order chi connectivity index (χ0) is 24.7. The molecule has 2 aromatic carbocycles. The molecule has 0 spiro atoms. The first-order chi connectivity index (χ1) is 16.1. The van der Waals surface area contributed by atoms with Crippen LogP contribution in [0.25, 0.3) is 11.3 Å². The van der Waals surface area contributed by atoms with Gasteiger partial charge in [-0.05, 0) is 50.1 Å². The summed E-state index contributed by atoms with van der Waals surface area (Å²) in [5, 5.41) is 22.1. The Morgan fingerprint density at radius 1 is 1.21 bits per heavy atom. The molecule has 0 bridgehead atoms. The smallest absolute Gasteiger partial charge is 0.475 e. The van der Waals surface area contributed by atoms with Gasteiger partial charge in [0.25, 0.3) is 5.91 Å². The Balaban J connectivity index is 0.000000406. The molecule has 34 heavy (non-hydrogen) atoms. The molecule has 1 aliphatic heterocycles. The number of carboxylic acids is 1. The van der Waals surface area contributed by atoms with E-state index in [1.54, 1.807) is 0 Å². The van der Waals surface area contributed by atoms with Crippen molar-refractivity contribution >= 4 is 17.6 Å². The standard InChI is InChI=1S/C21H23N5O.C2HF3O2/c1-15-9-10-16(12-19(15)21(27)23-17-6-3-2-4-7-17)20-14-26(25-24-20)13-18-8-5-11-22-18;3-2(4,5)1(6)7/h2-4,6-7,9-10,12,14,18,22H,5,8,11,13H2,1H3,(H,23,27);(H,6,7)/t18-;/m0./s1. The molecule has 1 fully saturated rings. The Kier molecular flexibility index (Phi) is 8.00. The van der Waals surface area contributed by atoms with Gasteiger partial charge in [0.1, 0.15) is 5.69 Å². The Morgan fingerprint density at radius 2 is 1.91 bits per heavy atom. The van der Waals surface area contributed by atoms with Crippen LogP contribution >= 0.6 is 0 Å². The third-order valence-electron chi connectivity index (χ3n) is 5.16. The molecular formula is C23H24F3N5O3. The minimum Gasteiger partial charge on any atom is -0.475 e. The number of aryl methyl sites for hydroxylation is 1. The van der Waals surface area contributed by atoms with E-state index in [1.807, 2.05) is 66.3 Å². The van der Waals surface area contributed by atoms with E-state index in [-0.39, 0.29) is 5.91 Å². The summed E-state index contributed by atoms with van der Waals surface area (Å²) in [6, 6.07) is 15.8. The number of hydrogen-bond acceptors (Lipinski definition) is 5. The third kappa shape index (κ3) is 6.88. The fourth-order valence-electron chi connectivity index (χ4n) is 3.40. The molecule has 180 valence electrons. The number of amides is 1. The molecule has 2 heterocycles. The summed E-state index contributed by atoms with van der Waals surface area (Å²) in [7, 11) is 0. The Morgan fingerprint density at radius 3 is 2.53 bits per heavy atom. The number of carbonyl (C=O) groups is 2. The van der Waals surface area contributed by atoms with Gasteiger partial charge in [-0.25, -0.2) is 4.79 Å². The van der Waals surface area contributed by atoms with Crippen LogP contribution in [0.1, 0.15) is 28.8 Å². The van der Waals surface area contributed by atoms with Crippen LogP contribution in [0.2, 0.25) is 0 Å². The maximum absolute atomic E-state index is 12.7. The largest absolute Gasteiger partial charge is 0.490 e. The molecule has 11 heteroatoms. The molecule has 4 rings (SSSR count). The molecule has 3 N–H and O–H groups in total. The first kappa shape index (κ1) is 24.9. The van der Waals surface area contributed by atoms with Crippen LogP contribution < -0.4 is 10.6 Å². The molecular weight excluding hydrogens is 451 g/mol. The molecule has 1 atom stereocenters. The van der Waals surface area contributed by atoms with Crippen LogP contribution in [0, 0.1) is 6.92 Å². The molecule has 3 aromatic rings. The number of para-hydroxylation sites is 1. The lowest BCUT2D eigenvalue weighted by atomic mass is 10.0. The minimum absolute atomic E-state index is 0.122. The third-order valence-corrected chi connectivity index (χ3v) is 5.16. The van der Waals surface area contributed by atoms with Crippen molar-refractivity contribution in [3.05, 3.63) is 65.9 Å². The Hall–Kier alpha value is -3.73. The second kappa shape index (κ2) is 10.9. The quantitative estimate of drug-likeness (QED) is 0.517. The molecule has 8 nitrogen and oxygen atoms in total. The molecule has 1 aromatic heterocycles. The maximum Gasteiger partial charge on any atom is 0.490 e. The summed E-state index contributed by atoms with van der Waals surface area (Å²) < 4.78 is 33.6. The lowest BCUT2D eigenvalue weighted by molar-refractivity contribution is -0.192. The summed E-state index contributed by atoms with van der Waals surface area (Å²) >= 11 is 0. The van der Waals surface area contributed by atoms with Crippen LogP contribution in [-0.4, -0.2) is 50.7 Å². The Labute approximate surface area is 193 Å². The van der Waals surface area contributed by atoms with Crippen molar-refractivity contribution in [3.63, 3.8) is 0 Å². The van der Waals surface area contributed by atoms with Gasteiger partial charge in [0.15, 0.2) is 0 Å². The number of carbonyl (C=O) groups excluding carboxylic acids is 1. The average molecular weight is 475 g/mol. The van der Waals surface area contributed by atoms with Gasteiger partial charge in [-0.1, -0.05) is 35.5 Å². The zero-order valence-corrected chi connectivity index (χ0v) is 18.3. The predicted molar refractivity (Wildman–Crippen MR) is 119 cm³/mol. The van der Waals surface area contributed by atoms with Crippen LogP contribution in [0.5, 0.6) is 0 Å². The number of aliphatic carboxylic acids is 1. The lowest BCUT2D eigenvalue weighted by Crippen LogP contribution is -2.26. The average Bonchev–Trinajstić information content (AvgIpc) is 3.47. The number of benzene rings is 2. The van der Waals surface area contributed by atoms with Crippen molar-refractivity contribution in [1.29, 1.82) is 0 Å². The minimum atomic E-state index is -5.08. The summed E-state index contributed by atoms with van der Waals surface area (Å²) in [4.78, 5) is 21.6. The van der Waals surface area contributed by atoms with Crippen LogP contribution in [0.15, 0.2) is 54.7 Å². The summed E-state index contributed by atoms with van der Waals surface area (Å²) in [5.74, 6) is -2.88. The second-order valence-electron chi connectivity index (χ2n) is 7.77. The van der Waals surface area contributed by atoms with E-state index in [9.17, 15) is 18.0 Å². The number of nitrogens with one attached hydrogen (secondary N) is 2. The monoisotopic (exact) mass is 475 g/mol. The number of halogens is 3. The van der Waals surface area contributed by atoms with Crippen molar-refractivity contribution < 1.29 is 27.9 Å². The lowest BCUT2D eigenvalue weighted by Gasteiger charge is -2.09. The van der Waals surface area contributed by atoms with Crippen molar-refractivity contribution in [3.8, 4) is 11.3 Å². The maximum atomic E-state index is 12.7. The molecule has 1 aliphatic rings. The van der Waals surface area contributed by atoms with E-state index in [0.29, 0.717) is 11.6 Å². The number of alkyl halides is 3. The molecule has 0 unspecified atom stereocenters. The fourth-order valence-corrected chi connectivity index (χ4v) is 3.40. The van der Waals surface area contributed by atoms with Gasteiger partial charge in [-0.2, -0.15) is 13.2 Å². The van der Waals surface area contributed by atoms with E-state index in [4.69, 9.17) is 9.90 Å². The number of rotatable bonds is 5. The van der Waals surface area contributed by atoms with E-state index >= 15 is 0 Å². The van der Waals surface area contributed by atoms with Gasteiger partial charge in [-0.15, -0.1) is 5.10 Å². The van der Waals surface area contributed by atoms with Gasteiger partial charge >= 0.3 is 12.1 Å². The van der Waals surface area contributed by atoms with Crippen molar-refractivity contribution in [2.24, 2.45) is 0 Å². The summed E-state index contributed by atoms with van der Waals surface area (Å²) in [6.45, 7) is 3.83.